The van der Waals surface area contributed by atoms with Crippen molar-refractivity contribution in [1.82, 2.24) is 0 Å². The fraction of sp³-hybridized carbons (Fsp3) is 0.786. The predicted octanol–water partition coefficient (Wildman–Crippen LogP) is 10.7. The Morgan fingerprint density at radius 1 is 0.776 bits per heavy atom. The number of aliphatic hydroxyl groups is 1. The molecule has 49 heavy (non-hydrogen) atoms. The first-order valence-electron chi connectivity index (χ1n) is 19.8. The Labute approximate surface area is 299 Å². The van der Waals surface area contributed by atoms with Crippen LogP contribution in [-0.4, -0.2) is 47.4 Å². The van der Waals surface area contributed by atoms with Gasteiger partial charge in [-0.2, -0.15) is 0 Å². The van der Waals surface area contributed by atoms with Gasteiger partial charge in [-0.3, -0.25) is 9.59 Å². The average Bonchev–Trinajstić information content (AvgIpc) is 3.35. The molecule has 0 bridgehead atoms. The third kappa shape index (κ3) is 21.4. The summed E-state index contributed by atoms with van der Waals surface area (Å²) in [6.07, 6.45) is 26.7. The van der Waals surface area contributed by atoms with Gasteiger partial charge in [-0.1, -0.05) is 89.5 Å². The number of ether oxygens (including phenoxy) is 3. The summed E-state index contributed by atoms with van der Waals surface area (Å²) in [6, 6.07) is 0. The summed E-state index contributed by atoms with van der Waals surface area (Å²) in [5, 5.41) is 10.8. The van der Waals surface area contributed by atoms with Gasteiger partial charge >= 0.3 is 17.9 Å². The van der Waals surface area contributed by atoms with Gasteiger partial charge in [0.1, 0.15) is 12.2 Å². The molecule has 0 amide bonds. The highest BCUT2D eigenvalue weighted by molar-refractivity contribution is 5.88. The molecule has 7 nitrogen and oxygen atoms in total. The Morgan fingerprint density at radius 3 is 2.14 bits per heavy atom. The van der Waals surface area contributed by atoms with Crippen molar-refractivity contribution >= 4 is 17.9 Å². The summed E-state index contributed by atoms with van der Waals surface area (Å²) in [5.41, 5.74) is 0.760. The monoisotopic (exact) mass is 689 g/mol. The van der Waals surface area contributed by atoms with Crippen LogP contribution in [0.15, 0.2) is 36.5 Å². The van der Waals surface area contributed by atoms with Crippen molar-refractivity contribution in [2.24, 2.45) is 11.8 Å². The van der Waals surface area contributed by atoms with E-state index in [1.165, 1.54) is 32.6 Å². The Kier molecular flexibility index (Phi) is 25.8. The zero-order valence-corrected chi connectivity index (χ0v) is 31.9. The Morgan fingerprint density at radius 2 is 1.45 bits per heavy atom. The fourth-order valence-electron chi connectivity index (χ4n) is 6.86. The van der Waals surface area contributed by atoms with Gasteiger partial charge in [0.2, 0.25) is 0 Å². The fourth-order valence-corrected chi connectivity index (χ4v) is 6.86. The quantitative estimate of drug-likeness (QED) is 0.0274. The maximum atomic E-state index is 13.8. The van der Waals surface area contributed by atoms with Crippen molar-refractivity contribution in [2.45, 2.75) is 200 Å². The summed E-state index contributed by atoms with van der Waals surface area (Å²) in [7, 11) is 0. The highest BCUT2D eigenvalue weighted by Gasteiger charge is 2.46. The molecule has 0 unspecified atom stereocenters. The molecule has 0 aromatic carbocycles. The number of allylic oxidation sites excluding steroid dienone is 4. The number of hydrogen-bond acceptors (Lipinski definition) is 7. The zero-order valence-electron chi connectivity index (χ0n) is 31.9. The minimum Gasteiger partial charge on any atom is -0.463 e. The molecule has 0 heterocycles. The predicted molar refractivity (Wildman–Crippen MR) is 200 cm³/mol. The van der Waals surface area contributed by atoms with E-state index >= 15 is 0 Å². The van der Waals surface area contributed by atoms with E-state index in [2.05, 4.69) is 38.7 Å². The summed E-state index contributed by atoms with van der Waals surface area (Å²) >= 11 is 0. The minimum absolute atomic E-state index is 0.0309. The summed E-state index contributed by atoms with van der Waals surface area (Å²) in [5.74, 6) is -0.838. The number of aliphatic hydroxyl groups excluding tert-OH is 1. The molecule has 1 N–H and O–H groups in total. The van der Waals surface area contributed by atoms with Crippen LogP contribution in [0.2, 0.25) is 0 Å². The molecule has 0 aromatic heterocycles. The molecule has 0 spiro atoms. The lowest BCUT2D eigenvalue weighted by atomic mass is 9.85. The second-order valence-corrected chi connectivity index (χ2v) is 14.3. The standard InChI is InChI=1S/C42H72O7/c1-7-10-13-15-17-22-26-35(25-21-16-14-11-8-2)42(46)49-40-32-39(48-34(6)43)37(38(40)31-30-36(44)27-20-12-9-3)28-23-18-19-24-29-41(45)47-33(4)5/h8,18,23,25,33,36-40,44H,2,7,9-17,19-22,24,26-32H2,1,3-6H3/b23-18-,35-25-/t36-,37+,38+,39-,40+/m0/s1. The van der Waals surface area contributed by atoms with Gasteiger partial charge in [0.15, 0.2) is 0 Å². The van der Waals surface area contributed by atoms with E-state index in [1.807, 2.05) is 19.9 Å². The molecule has 0 aliphatic heterocycles. The molecular formula is C42H72O7. The SMILES string of the molecule is C=CCCCC/C=C(/CCCCCCCC)C(=O)O[C@@H]1C[C@H](OC(C)=O)[C@H](C/C=C\CCCC(=O)OC(C)C)[C@H]1CC[C@@H](O)CCCCC. The van der Waals surface area contributed by atoms with Gasteiger partial charge in [0.05, 0.1) is 12.2 Å². The molecule has 1 rings (SSSR count). The minimum atomic E-state index is -0.406. The number of esters is 3. The van der Waals surface area contributed by atoms with E-state index < -0.39 is 12.2 Å². The van der Waals surface area contributed by atoms with Crippen molar-refractivity contribution in [1.29, 1.82) is 0 Å². The highest BCUT2D eigenvalue weighted by Crippen LogP contribution is 2.42. The molecular weight excluding hydrogens is 616 g/mol. The van der Waals surface area contributed by atoms with E-state index in [1.54, 1.807) is 0 Å². The molecule has 1 aliphatic carbocycles. The molecule has 0 aromatic rings. The molecule has 0 saturated heterocycles. The molecule has 5 atom stereocenters. The van der Waals surface area contributed by atoms with Gasteiger partial charge in [0, 0.05) is 37.2 Å². The normalized spacial score (nSPS) is 20.1. The lowest BCUT2D eigenvalue weighted by molar-refractivity contribution is -0.149. The van der Waals surface area contributed by atoms with E-state index in [0.717, 1.165) is 76.2 Å². The van der Waals surface area contributed by atoms with Crippen LogP contribution in [0.5, 0.6) is 0 Å². The lowest BCUT2D eigenvalue weighted by Crippen LogP contribution is -2.28. The van der Waals surface area contributed by atoms with Crippen LogP contribution < -0.4 is 0 Å². The van der Waals surface area contributed by atoms with E-state index in [-0.39, 0.29) is 42.0 Å². The number of rotatable bonds is 29. The van der Waals surface area contributed by atoms with Crippen LogP contribution in [0.1, 0.15) is 176 Å². The average molecular weight is 689 g/mol. The number of carbonyl (C=O) groups is 3. The van der Waals surface area contributed by atoms with Gasteiger partial charge in [0.25, 0.3) is 0 Å². The first kappa shape index (κ1) is 44.6. The molecule has 282 valence electrons. The third-order valence-corrected chi connectivity index (χ3v) is 9.53. The largest absolute Gasteiger partial charge is 0.463 e. The van der Waals surface area contributed by atoms with Crippen LogP contribution in [0.25, 0.3) is 0 Å². The highest BCUT2D eigenvalue weighted by atomic mass is 16.6. The molecule has 0 radical (unpaired) electrons. The Bertz CT molecular complexity index is 968. The zero-order chi connectivity index (χ0) is 36.3. The first-order chi connectivity index (χ1) is 23.6. The molecule has 1 saturated carbocycles. The van der Waals surface area contributed by atoms with E-state index in [0.29, 0.717) is 44.9 Å². The molecule has 7 heteroatoms. The van der Waals surface area contributed by atoms with Crippen molar-refractivity contribution in [3.05, 3.63) is 36.5 Å². The Balaban J connectivity index is 3.10. The van der Waals surface area contributed by atoms with Crippen molar-refractivity contribution in [3.63, 3.8) is 0 Å². The summed E-state index contributed by atoms with van der Waals surface area (Å²) in [6.45, 7) is 13.3. The van der Waals surface area contributed by atoms with Gasteiger partial charge in [-0.25, -0.2) is 4.79 Å². The maximum Gasteiger partial charge on any atom is 0.333 e. The van der Waals surface area contributed by atoms with Crippen LogP contribution in [0.3, 0.4) is 0 Å². The second kappa shape index (κ2) is 28.3. The number of unbranched alkanes of at least 4 members (excludes halogenated alkanes) is 11. The maximum absolute atomic E-state index is 13.8. The Hall–Kier alpha value is -2.41. The lowest BCUT2D eigenvalue weighted by Gasteiger charge is -2.27. The van der Waals surface area contributed by atoms with Crippen LogP contribution in [0.4, 0.5) is 0 Å². The second-order valence-electron chi connectivity index (χ2n) is 14.3. The van der Waals surface area contributed by atoms with Gasteiger partial charge < -0.3 is 19.3 Å². The van der Waals surface area contributed by atoms with Crippen LogP contribution >= 0.6 is 0 Å². The molecule has 1 aliphatic rings. The van der Waals surface area contributed by atoms with Crippen LogP contribution in [0, 0.1) is 11.8 Å². The van der Waals surface area contributed by atoms with Crippen molar-refractivity contribution in [3.8, 4) is 0 Å². The van der Waals surface area contributed by atoms with Crippen molar-refractivity contribution in [2.75, 3.05) is 0 Å². The summed E-state index contributed by atoms with van der Waals surface area (Å²) < 4.78 is 17.5. The van der Waals surface area contributed by atoms with Crippen LogP contribution in [-0.2, 0) is 28.6 Å². The van der Waals surface area contributed by atoms with Crippen molar-refractivity contribution < 1.29 is 33.7 Å². The van der Waals surface area contributed by atoms with E-state index in [9.17, 15) is 19.5 Å². The number of carbonyl (C=O) groups excluding carboxylic acids is 3. The summed E-state index contributed by atoms with van der Waals surface area (Å²) in [4.78, 5) is 37.9. The first-order valence-corrected chi connectivity index (χ1v) is 19.8. The van der Waals surface area contributed by atoms with Gasteiger partial charge in [-0.05, 0) is 90.9 Å². The third-order valence-electron chi connectivity index (χ3n) is 9.53. The topological polar surface area (TPSA) is 99.1 Å². The molecule has 1 fully saturated rings. The van der Waals surface area contributed by atoms with E-state index in [4.69, 9.17) is 14.2 Å². The number of hydrogen-bond donors (Lipinski definition) is 1. The smallest absolute Gasteiger partial charge is 0.333 e. The van der Waals surface area contributed by atoms with Gasteiger partial charge in [-0.15, -0.1) is 6.58 Å².